The Hall–Kier alpha value is -2.91. The summed E-state index contributed by atoms with van der Waals surface area (Å²) in [6.45, 7) is 2.07. The van der Waals surface area contributed by atoms with Crippen molar-refractivity contribution < 1.29 is 14.6 Å². The second-order valence-electron chi connectivity index (χ2n) is 6.84. The van der Waals surface area contributed by atoms with Crippen molar-refractivity contribution >= 4 is 5.97 Å². The molecule has 3 unspecified atom stereocenters. The minimum Gasteiger partial charge on any atom is -0.466 e. The number of carbonyl (C=O) groups excluding carboxylic acids is 1. The van der Waals surface area contributed by atoms with Crippen LogP contribution in [0.15, 0.2) is 84.9 Å². The molecule has 3 nitrogen and oxygen atoms in total. The summed E-state index contributed by atoms with van der Waals surface area (Å²) in [4.78, 5) is 13.1. The van der Waals surface area contributed by atoms with Gasteiger partial charge in [0.1, 0.15) is 11.5 Å². The third kappa shape index (κ3) is 2.75. The van der Waals surface area contributed by atoms with Crippen LogP contribution in [0.25, 0.3) is 0 Å². The van der Waals surface area contributed by atoms with Crippen LogP contribution in [0, 0.1) is 5.92 Å². The third-order valence-corrected chi connectivity index (χ3v) is 5.40. The minimum absolute atomic E-state index is 0.272. The van der Waals surface area contributed by atoms with Gasteiger partial charge in [0.25, 0.3) is 0 Å². The highest BCUT2D eigenvalue weighted by Gasteiger charge is 2.56. The van der Waals surface area contributed by atoms with Gasteiger partial charge in [0.2, 0.25) is 0 Å². The predicted molar refractivity (Wildman–Crippen MR) is 104 cm³/mol. The zero-order chi connectivity index (χ0) is 18.9. The van der Waals surface area contributed by atoms with E-state index in [0.717, 1.165) is 16.7 Å². The normalized spacial score (nSPS) is 23.6. The lowest BCUT2D eigenvalue weighted by molar-refractivity contribution is -0.156. The number of hydrogen-bond acceptors (Lipinski definition) is 3. The lowest BCUT2D eigenvalue weighted by atomic mass is 9.76. The summed E-state index contributed by atoms with van der Waals surface area (Å²) in [6, 6.07) is 27.1. The Labute approximate surface area is 159 Å². The highest BCUT2D eigenvalue weighted by Crippen LogP contribution is 2.55. The molecule has 0 saturated heterocycles. The fraction of sp³-hybridized carbons (Fsp3) is 0.208. The van der Waals surface area contributed by atoms with E-state index in [1.165, 1.54) is 0 Å². The predicted octanol–water partition coefficient (Wildman–Crippen LogP) is 4.25. The molecule has 0 bridgehead atoms. The highest BCUT2D eigenvalue weighted by molar-refractivity contribution is 5.80. The molecular formula is C24H22O3. The van der Waals surface area contributed by atoms with Crippen LogP contribution in [0.4, 0.5) is 0 Å². The van der Waals surface area contributed by atoms with Gasteiger partial charge in [0.15, 0.2) is 0 Å². The van der Waals surface area contributed by atoms with E-state index in [4.69, 9.17) is 4.74 Å². The molecule has 0 fully saturated rings. The van der Waals surface area contributed by atoms with Crippen molar-refractivity contribution in [2.75, 3.05) is 6.61 Å². The Balaban J connectivity index is 1.98. The maximum atomic E-state index is 13.1. The second kappa shape index (κ2) is 7.01. The highest BCUT2D eigenvalue weighted by atomic mass is 16.5. The van der Waals surface area contributed by atoms with Crippen LogP contribution in [0.1, 0.15) is 35.1 Å². The Morgan fingerprint density at radius 2 is 1.52 bits per heavy atom. The third-order valence-electron chi connectivity index (χ3n) is 5.40. The number of rotatable bonds is 4. The molecule has 1 aliphatic carbocycles. The van der Waals surface area contributed by atoms with Gasteiger partial charge in [-0.25, -0.2) is 0 Å². The SMILES string of the molecule is CCOC(=O)C1C(c2ccccc2)c2ccccc2C1(O)c1ccccc1. The molecule has 27 heavy (non-hydrogen) atoms. The first-order chi connectivity index (χ1) is 13.2. The summed E-state index contributed by atoms with van der Waals surface area (Å²) in [7, 11) is 0. The van der Waals surface area contributed by atoms with Gasteiger partial charge in [0.05, 0.1) is 6.61 Å². The van der Waals surface area contributed by atoms with E-state index in [2.05, 4.69) is 0 Å². The van der Waals surface area contributed by atoms with E-state index in [0.29, 0.717) is 5.56 Å². The molecule has 0 amide bonds. The molecule has 3 atom stereocenters. The van der Waals surface area contributed by atoms with Crippen LogP contribution >= 0.6 is 0 Å². The fourth-order valence-corrected chi connectivity index (χ4v) is 4.30. The molecule has 1 aliphatic rings. The first kappa shape index (κ1) is 17.5. The molecule has 0 aromatic heterocycles. The summed E-state index contributed by atoms with van der Waals surface area (Å²) in [5.74, 6) is -1.40. The zero-order valence-corrected chi connectivity index (χ0v) is 15.2. The van der Waals surface area contributed by atoms with Crippen molar-refractivity contribution in [2.24, 2.45) is 5.92 Å². The molecule has 0 heterocycles. The number of fused-ring (bicyclic) bond motifs is 1. The smallest absolute Gasteiger partial charge is 0.313 e. The second-order valence-corrected chi connectivity index (χ2v) is 6.84. The van der Waals surface area contributed by atoms with Gasteiger partial charge in [-0.1, -0.05) is 84.9 Å². The van der Waals surface area contributed by atoms with E-state index in [1.54, 1.807) is 6.92 Å². The number of benzene rings is 3. The Morgan fingerprint density at radius 3 is 2.19 bits per heavy atom. The fourth-order valence-electron chi connectivity index (χ4n) is 4.30. The molecule has 136 valence electrons. The maximum Gasteiger partial charge on any atom is 0.313 e. The first-order valence-corrected chi connectivity index (χ1v) is 9.26. The monoisotopic (exact) mass is 358 g/mol. The van der Waals surface area contributed by atoms with E-state index < -0.39 is 11.5 Å². The van der Waals surface area contributed by atoms with Gasteiger partial charge in [0, 0.05) is 5.92 Å². The molecule has 0 saturated carbocycles. The molecule has 3 heteroatoms. The van der Waals surface area contributed by atoms with Crippen molar-refractivity contribution in [3.05, 3.63) is 107 Å². The zero-order valence-electron chi connectivity index (χ0n) is 15.2. The number of aliphatic hydroxyl groups is 1. The summed E-state index contributed by atoms with van der Waals surface area (Å²) in [5, 5.41) is 12.0. The minimum atomic E-state index is -1.44. The van der Waals surface area contributed by atoms with Crippen LogP contribution in [-0.2, 0) is 15.1 Å². The Kier molecular flexibility index (Phi) is 4.54. The number of esters is 1. The summed E-state index contributed by atoms with van der Waals surface area (Å²) in [5.41, 5.74) is 1.99. The van der Waals surface area contributed by atoms with Crippen LogP contribution < -0.4 is 0 Å². The van der Waals surface area contributed by atoms with Gasteiger partial charge in [-0.05, 0) is 29.2 Å². The van der Waals surface area contributed by atoms with Crippen LogP contribution in [0.3, 0.4) is 0 Å². The summed E-state index contributed by atoms with van der Waals surface area (Å²) in [6.07, 6.45) is 0. The van der Waals surface area contributed by atoms with E-state index in [9.17, 15) is 9.90 Å². The quantitative estimate of drug-likeness (QED) is 0.710. The lowest BCUT2D eigenvalue weighted by Crippen LogP contribution is -2.40. The standard InChI is InChI=1S/C24H22O3/c1-2-27-23(25)22-21(17-11-5-3-6-12-17)19-15-9-10-16-20(19)24(22,26)18-13-7-4-8-14-18/h3-16,21-22,26H,2H2,1H3. The number of carbonyl (C=O) groups is 1. The lowest BCUT2D eigenvalue weighted by Gasteiger charge is -2.32. The molecule has 3 aromatic carbocycles. The molecule has 0 aliphatic heterocycles. The topological polar surface area (TPSA) is 46.5 Å². The largest absolute Gasteiger partial charge is 0.466 e. The average molecular weight is 358 g/mol. The van der Waals surface area contributed by atoms with Gasteiger partial charge < -0.3 is 9.84 Å². The molecule has 0 spiro atoms. The van der Waals surface area contributed by atoms with Crippen molar-refractivity contribution in [3.63, 3.8) is 0 Å². The van der Waals surface area contributed by atoms with Crippen molar-refractivity contribution in [3.8, 4) is 0 Å². The Morgan fingerprint density at radius 1 is 0.926 bits per heavy atom. The number of hydrogen-bond donors (Lipinski definition) is 1. The van der Waals surface area contributed by atoms with Crippen molar-refractivity contribution in [1.29, 1.82) is 0 Å². The molecule has 3 aromatic rings. The van der Waals surface area contributed by atoms with Crippen LogP contribution in [0.2, 0.25) is 0 Å². The summed E-state index contributed by atoms with van der Waals surface area (Å²) < 4.78 is 5.43. The van der Waals surface area contributed by atoms with Gasteiger partial charge in [-0.2, -0.15) is 0 Å². The molecular weight excluding hydrogens is 336 g/mol. The van der Waals surface area contributed by atoms with Gasteiger partial charge in [-0.15, -0.1) is 0 Å². The number of ether oxygens (including phenoxy) is 1. The van der Waals surface area contributed by atoms with Crippen LogP contribution in [-0.4, -0.2) is 17.7 Å². The average Bonchev–Trinajstić information content (AvgIpc) is 3.00. The van der Waals surface area contributed by atoms with Crippen molar-refractivity contribution in [1.82, 2.24) is 0 Å². The van der Waals surface area contributed by atoms with Crippen LogP contribution in [0.5, 0.6) is 0 Å². The van der Waals surface area contributed by atoms with Crippen molar-refractivity contribution in [2.45, 2.75) is 18.4 Å². The van der Waals surface area contributed by atoms with Gasteiger partial charge in [-0.3, -0.25) is 4.79 Å². The van der Waals surface area contributed by atoms with E-state index >= 15 is 0 Å². The molecule has 1 N–H and O–H groups in total. The maximum absolute atomic E-state index is 13.1. The van der Waals surface area contributed by atoms with Gasteiger partial charge >= 0.3 is 5.97 Å². The Bertz CT molecular complexity index is 936. The first-order valence-electron chi connectivity index (χ1n) is 9.26. The van der Waals surface area contributed by atoms with E-state index in [-0.39, 0.29) is 18.5 Å². The molecule has 4 rings (SSSR count). The molecule has 0 radical (unpaired) electrons. The summed E-state index contributed by atoms with van der Waals surface area (Å²) >= 11 is 0. The van der Waals surface area contributed by atoms with E-state index in [1.807, 2.05) is 84.9 Å².